The first-order valence-corrected chi connectivity index (χ1v) is 7.49. The highest BCUT2D eigenvalue weighted by atomic mass is 32.2. The summed E-state index contributed by atoms with van der Waals surface area (Å²) in [4.78, 5) is 0. The monoisotopic (exact) mass is 245 g/mol. The van der Waals surface area contributed by atoms with Gasteiger partial charge in [0.2, 0.25) is 0 Å². The maximum atomic E-state index is 14.7. The first kappa shape index (κ1) is 11.3. The van der Waals surface area contributed by atoms with Crippen molar-refractivity contribution in [1.82, 2.24) is 5.32 Å². The largest absolute Gasteiger partial charge is 0.374 e. The van der Waals surface area contributed by atoms with Crippen LogP contribution in [0.4, 0.5) is 4.39 Å². The molecule has 0 aromatic rings. The second-order valence-corrected chi connectivity index (χ2v) is 6.59. The fourth-order valence-corrected chi connectivity index (χ4v) is 4.74. The number of alkyl halides is 1. The lowest BCUT2D eigenvalue weighted by Gasteiger charge is -2.42. The Hall–Kier alpha value is 0.200. The van der Waals surface area contributed by atoms with E-state index in [4.69, 9.17) is 4.74 Å². The van der Waals surface area contributed by atoms with Gasteiger partial charge in [-0.25, -0.2) is 4.39 Å². The van der Waals surface area contributed by atoms with Crippen LogP contribution in [0.1, 0.15) is 25.7 Å². The second-order valence-electron chi connectivity index (χ2n) is 5.49. The predicted octanol–water partition coefficient (Wildman–Crippen LogP) is 1.99. The topological polar surface area (TPSA) is 21.3 Å². The molecule has 3 unspecified atom stereocenters. The van der Waals surface area contributed by atoms with Crippen molar-refractivity contribution in [3.05, 3.63) is 0 Å². The molecule has 92 valence electrons. The van der Waals surface area contributed by atoms with Crippen molar-refractivity contribution >= 4 is 11.8 Å². The van der Waals surface area contributed by atoms with Crippen LogP contribution in [0, 0.1) is 5.92 Å². The molecule has 0 radical (unpaired) electrons. The minimum absolute atomic E-state index is 0.0231. The van der Waals surface area contributed by atoms with Gasteiger partial charge in [-0.1, -0.05) is 0 Å². The quantitative estimate of drug-likeness (QED) is 0.763. The van der Waals surface area contributed by atoms with E-state index in [1.165, 1.54) is 5.75 Å². The van der Waals surface area contributed by atoms with E-state index in [-0.39, 0.29) is 11.5 Å². The van der Waals surface area contributed by atoms with Crippen LogP contribution in [-0.2, 0) is 4.74 Å². The van der Waals surface area contributed by atoms with Crippen LogP contribution in [0.25, 0.3) is 0 Å². The molecule has 3 aliphatic heterocycles. The van der Waals surface area contributed by atoms with Gasteiger partial charge < -0.3 is 10.1 Å². The van der Waals surface area contributed by atoms with Gasteiger partial charge in [-0.2, -0.15) is 11.8 Å². The van der Waals surface area contributed by atoms with Gasteiger partial charge in [0.1, 0.15) is 5.67 Å². The number of rotatable bonds is 1. The Balaban J connectivity index is 1.72. The third kappa shape index (κ3) is 1.89. The summed E-state index contributed by atoms with van der Waals surface area (Å²) in [5, 5.41) is 3.17. The van der Waals surface area contributed by atoms with E-state index < -0.39 is 5.67 Å². The van der Waals surface area contributed by atoms with Gasteiger partial charge in [0.05, 0.1) is 5.60 Å². The summed E-state index contributed by atoms with van der Waals surface area (Å²) < 4.78 is 20.7. The number of nitrogens with one attached hydrogen (secondary N) is 1. The lowest BCUT2D eigenvalue weighted by molar-refractivity contribution is -0.107. The Kier molecular flexibility index (Phi) is 2.93. The summed E-state index contributed by atoms with van der Waals surface area (Å²) in [5.74, 6) is 2.48. The second kappa shape index (κ2) is 4.14. The Morgan fingerprint density at radius 1 is 1.38 bits per heavy atom. The third-order valence-electron chi connectivity index (χ3n) is 4.43. The van der Waals surface area contributed by atoms with E-state index in [1.807, 2.05) is 11.8 Å². The molecule has 0 amide bonds. The third-order valence-corrected chi connectivity index (χ3v) is 5.65. The van der Waals surface area contributed by atoms with Crippen molar-refractivity contribution in [2.75, 3.05) is 31.2 Å². The van der Waals surface area contributed by atoms with Gasteiger partial charge in [-0.15, -0.1) is 0 Å². The summed E-state index contributed by atoms with van der Waals surface area (Å²) in [5.41, 5.74) is -0.931. The maximum absolute atomic E-state index is 14.7. The molecule has 0 bridgehead atoms. The van der Waals surface area contributed by atoms with Crippen LogP contribution < -0.4 is 5.32 Å². The fourth-order valence-electron chi connectivity index (χ4n) is 3.36. The van der Waals surface area contributed by atoms with Crippen molar-refractivity contribution in [1.29, 1.82) is 0 Å². The fraction of sp³-hybridized carbons (Fsp3) is 1.00. The number of ether oxygens (including phenoxy) is 1. The minimum Gasteiger partial charge on any atom is -0.374 e. The zero-order chi connectivity index (χ0) is 11.1. The van der Waals surface area contributed by atoms with E-state index in [0.717, 1.165) is 38.2 Å². The Morgan fingerprint density at radius 2 is 2.31 bits per heavy atom. The van der Waals surface area contributed by atoms with Crippen LogP contribution in [0.2, 0.25) is 0 Å². The Labute approximate surface area is 101 Å². The highest BCUT2D eigenvalue weighted by molar-refractivity contribution is 7.99. The standard InChI is InChI=1S/C12H20FNOS/c13-12(2-4-14-8-12)10-1-5-15-11(7-10)3-6-16-9-11/h10,14H,1-9H2. The highest BCUT2D eigenvalue weighted by Gasteiger charge is 2.49. The van der Waals surface area contributed by atoms with Crippen molar-refractivity contribution < 1.29 is 9.13 Å². The molecule has 3 fully saturated rings. The van der Waals surface area contributed by atoms with Crippen molar-refractivity contribution in [3.8, 4) is 0 Å². The van der Waals surface area contributed by atoms with Crippen LogP contribution in [0.5, 0.6) is 0 Å². The summed E-state index contributed by atoms with van der Waals surface area (Å²) >= 11 is 1.96. The van der Waals surface area contributed by atoms with Gasteiger partial charge in [-0.3, -0.25) is 0 Å². The van der Waals surface area contributed by atoms with Gasteiger partial charge in [0, 0.05) is 18.9 Å². The molecule has 0 aromatic carbocycles. The molecule has 3 aliphatic rings. The van der Waals surface area contributed by atoms with Crippen LogP contribution >= 0.6 is 11.8 Å². The SMILES string of the molecule is FC1(C2CCOC3(CCSC3)C2)CCNC1. The predicted molar refractivity (Wildman–Crippen MR) is 64.7 cm³/mol. The highest BCUT2D eigenvalue weighted by Crippen LogP contribution is 2.45. The Bertz CT molecular complexity index is 252. The first-order valence-electron chi connectivity index (χ1n) is 6.34. The van der Waals surface area contributed by atoms with Crippen LogP contribution in [0.15, 0.2) is 0 Å². The van der Waals surface area contributed by atoms with E-state index in [2.05, 4.69) is 5.32 Å². The molecule has 1 N–H and O–H groups in total. The van der Waals surface area contributed by atoms with Gasteiger partial charge in [0.25, 0.3) is 0 Å². The molecule has 3 heterocycles. The van der Waals surface area contributed by atoms with Crippen LogP contribution in [-0.4, -0.2) is 42.5 Å². The number of halogens is 1. The summed E-state index contributed by atoms with van der Waals surface area (Å²) in [7, 11) is 0. The number of hydrogen-bond donors (Lipinski definition) is 1. The van der Waals surface area contributed by atoms with Gasteiger partial charge in [0.15, 0.2) is 0 Å². The molecule has 1 spiro atoms. The number of hydrogen-bond acceptors (Lipinski definition) is 3. The van der Waals surface area contributed by atoms with E-state index in [1.54, 1.807) is 0 Å². The smallest absolute Gasteiger partial charge is 0.127 e. The zero-order valence-electron chi connectivity index (χ0n) is 9.64. The van der Waals surface area contributed by atoms with Gasteiger partial charge >= 0.3 is 0 Å². The lowest BCUT2D eigenvalue weighted by Crippen LogP contribution is -2.47. The molecule has 2 nitrogen and oxygen atoms in total. The summed E-state index contributed by atoms with van der Waals surface area (Å²) in [6.45, 7) is 2.16. The molecule has 4 heteroatoms. The van der Waals surface area contributed by atoms with Crippen molar-refractivity contribution in [3.63, 3.8) is 0 Å². The average Bonchev–Trinajstić information content (AvgIpc) is 2.90. The molecule has 0 saturated carbocycles. The van der Waals surface area contributed by atoms with Crippen LogP contribution in [0.3, 0.4) is 0 Å². The molecule has 3 saturated heterocycles. The normalized spacial score (nSPS) is 48.9. The molecule has 0 aromatic heterocycles. The summed E-state index contributed by atoms with van der Waals surface area (Å²) in [6.07, 6.45) is 3.67. The molecule has 0 aliphatic carbocycles. The van der Waals surface area contributed by atoms with Crippen molar-refractivity contribution in [2.45, 2.75) is 37.0 Å². The molecule has 3 atom stereocenters. The van der Waals surface area contributed by atoms with Gasteiger partial charge in [-0.05, 0) is 43.9 Å². The molecular weight excluding hydrogens is 225 g/mol. The lowest BCUT2D eigenvalue weighted by atomic mass is 9.76. The summed E-state index contributed by atoms with van der Waals surface area (Å²) in [6, 6.07) is 0. The van der Waals surface area contributed by atoms with E-state index >= 15 is 0 Å². The van der Waals surface area contributed by atoms with E-state index in [0.29, 0.717) is 13.0 Å². The molecular formula is C12H20FNOS. The maximum Gasteiger partial charge on any atom is 0.127 e. The Morgan fingerprint density at radius 3 is 3.00 bits per heavy atom. The molecule has 16 heavy (non-hydrogen) atoms. The number of thioether (sulfide) groups is 1. The molecule has 3 rings (SSSR count). The van der Waals surface area contributed by atoms with Crippen molar-refractivity contribution in [2.24, 2.45) is 5.92 Å². The average molecular weight is 245 g/mol. The first-order chi connectivity index (χ1) is 7.73. The van der Waals surface area contributed by atoms with E-state index in [9.17, 15) is 4.39 Å². The zero-order valence-corrected chi connectivity index (χ0v) is 10.5. The minimum atomic E-state index is -0.954.